The van der Waals surface area contributed by atoms with E-state index in [1.54, 1.807) is 0 Å². The second-order valence-electron chi connectivity index (χ2n) is 10.2. The number of ether oxygens (including phenoxy) is 1. The second-order valence-corrected chi connectivity index (χ2v) is 10.2. The van der Waals surface area contributed by atoms with E-state index in [9.17, 15) is 5.11 Å². The van der Waals surface area contributed by atoms with Gasteiger partial charge in [0.15, 0.2) is 0 Å². The molecule has 1 aromatic heterocycles. The molecule has 0 aliphatic heterocycles. The fourth-order valence-electron chi connectivity index (χ4n) is 4.91. The summed E-state index contributed by atoms with van der Waals surface area (Å²) in [7, 11) is 0. The zero-order valence-corrected chi connectivity index (χ0v) is 19.8. The number of hydrogen-bond acceptors (Lipinski definition) is 2. The number of aromatic nitrogens is 1. The van der Waals surface area contributed by atoms with Crippen LogP contribution in [0.3, 0.4) is 0 Å². The predicted molar refractivity (Wildman–Crippen MR) is 136 cm³/mol. The first-order valence-electron chi connectivity index (χ1n) is 12.1. The summed E-state index contributed by atoms with van der Waals surface area (Å²) in [6.45, 7) is 6.70. The molecule has 1 heterocycles. The van der Waals surface area contributed by atoms with E-state index in [2.05, 4.69) is 86.0 Å². The fourth-order valence-corrected chi connectivity index (χ4v) is 4.91. The van der Waals surface area contributed by atoms with Crippen LogP contribution >= 0.6 is 0 Å². The molecule has 1 N–H and O–H groups in total. The molecule has 0 saturated heterocycles. The summed E-state index contributed by atoms with van der Waals surface area (Å²) in [6.07, 6.45) is 5.19. The molecule has 0 radical (unpaired) electrons. The van der Waals surface area contributed by atoms with E-state index >= 15 is 0 Å². The molecular weight excluding hydrogens is 406 g/mol. The zero-order chi connectivity index (χ0) is 23.0. The van der Waals surface area contributed by atoms with Crippen molar-refractivity contribution in [2.75, 3.05) is 0 Å². The van der Waals surface area contributed by atoms with Crippen LogP contribution in [0, 0.1) is 0 Å². The van der Waals surface area contributed by atoms with Crippen LogP contribution in [0.25, 0.3) is 27.7 Å². The molecule has 3 heteroatoms. The monoisotopic (exact) mass is 439 g/mol. The number of aliphatic hydroxyl groups is 1. The molecule has 0 amide bonds. The van der Waals surface area contributed by atoms with Crippen molar-refractivity contribution in [1.82, 2.24) is 4.57 Å². The molecule has 0 unspecified atom stereocenters. The largest absolute Gasteiger partial charge is 0.490 e. The highest BCUT2D eigenvalue weighted by Gasteiger charge is 2.17. The van der Waals surface area contributed by atoms with Gasteiger partial charge in [-0.15, -0.1) is 0 Å². The highest BCUT2D eigenvalue weighted by atomic mass is 16.5. The van der Waals surface area contributed by atoms with Crippen molar-refractivity contribution < 1.29 is 9.84 Å². The van der Waals surface area contributed by atoms with E-state index in [0.717, 1.165) is 40.9 Å². The summed E-state index contributed by atoms with van der Waals surface area (Å²) in [5, 5.41) is 11.2. The van der Waals surface area contributed by atoms with Crippen molar-refractivity contribution in [1.29, 1.82) is 0 Å². The predicted octanol–water partition coefficient (Wildman–Crippen LogP) is 7.41. The number of rotatable bonds is 5. The van der Waals surface area contributed by atoms with Crippen LogP contribution < -0.4 is 4.74 Å². The maximum atomic E-state index is 10.1. The van der Waals surface area contributed by atoms with Crippen LogP contribution in [0.15, 0.2) is 72.8 Å². The van der Waals surface area contributed by atoms with E-state index in [1.165, 1.54) is 29.5 Å². The molecule has 0 spiro atoms. The van der Waals surface area contributed by atoms with Crippen molar-refractivity contribution in [2.24, 2.45) is 0 Å². The number of benzene rings is 3. The van der Waals surface area contributed by atoms with Crippen molar-refractivity contribution in [2.45, 2.75) is 64.6 Å². The van der Waals surface area contributed by atoms with E-state index in [0.29, 0.717) is 6.10 Å². The van der Waals surface area contributed by atoms with Crippen LogP contribution in [0.1, 0.15) is 57.7 Å². The van der Waals surface area contributed by atoms with Crippen molar-refractivity contribution in [3.8, 4) is 22.6 Å². The summed E-state index contributed by atoms with van der Waals surface area (Å²) in [5.74, 6) is 0.925. The lowest BCUT2D eigenvalue weighted by Crippen LogP contribution is -2.10. The van der Waals surface area contributed by atoms with Gasteiger partial charge in [0.1, 0.15) is 5.75 Å². The van der Waals surface area contributed by atoms with Gasteiger partial charge in [0.05, 0.1) is 18.2 Å². The summed E-state index contributed by atoms with van der Waals surface area (Å²) in [6, 6.07) is 25.7. The number of hydrogen-bond donors (Lipinski definition) is 1. The number of fused-ring (bicyclic) bond motifs is 1. The van der Waals surface area contributed by atoms with Crippen molar-refractivity contribution in [3.05, 3.63) is 84.1 Å². The summed E-state index contributed by atoms with van der Waals surface area (Å²) >= 11 is 0. The Kier molecular flexibility index (Phi) is 5.76. The minimum atomic E-state index is -0.00931. The van der Waals surface area contributed by atoms with Gasteiger partial charge in [0, 0.05) is 16.8 Å². The van der Waals surface area contributed by atoms with Crippen molar-refractivity contribution in [3.63, 3.8) is 0 Å². The third-order valence-electron chi connectivity index (χ3n) is 6.82. The molecule has 3 aromatic carbocycles. The van der Waals surface area contributed by atoms with E-state index in [4.69, 9.17) is 4.74 Å². The van der Waals surface area contributed by atoms with Gasteiger partial charge < -0.3 is 14.4 Å². The Hall–Kier alpha value is -3.04. The van der Waals surface area contributed by atoms with Gasteiger partial charge in [-0.3, -0.25) is 0 Å². The molecular formula is C30H33NO2. The highest BCUT2D eigenvalue weighted by Crippen LogP contribution is 2.32. The van der Waals surface area contributed by atoms with E-state index in [1.807, 2.05) is 12.1 Å². The average Bonchev–Trinajstić information content (AvgIpc) is 3.46. The number of nitrogens with zero attached hydrogens (tertiary/aromatic N) is 1. The first kappa shape index (κ1) is 21.8. The molecule has 0 bridgehead atoms. The van der Waals surface area contributed by atoms with Gasteiger partial charge in [0.2, 0.25) is 0 Å². The second kappa shape index (κ2) is 8.72. The molecule has 33 heavy (non-hydrogen) atoms. The van der Waals surface area contributed by atoms with Gasteiger partial charge in [-0.05, 0) is 90.3 Å². The Morgan fingerprint density at radius 1 is 0.848 bits per heavy atom. The van der Waals surface area contributed by atoms with Gasteiger partial charge >= 0.3 is 0 Å². The Labute approximate surface area is 196 Å². The third kappa shape index (κ3) is 4.43. The molecule has 1 saturated carbocycles. The molecule has 1 fully saturated rings. The minimum Gasteiger partial charge on any atom is -0.490 e. The van der Waals surface area contributed by atoms with Gasteiger partial charge in [-0.2, -0.15) is 0 Å². The standard InChI is InChI=1S/C30H33NO2/c1-30(2,3)24-11-8-21(9-12-24)22-10-17-29-23(18-22)19-26(20-32)31(29)25-13-15-28(16-14-25)33-27-6-4-5-7-27/h8-19,27,32H,4-7,20H2,1-3H3. The van der Waals surface area contributed by atoms with Crippen molar-refractivity contribution >= 4 is 10.9 Å². The Morgan fingerprint density at radius 2 is 1.52 bits per heavy atom. The Balaban J connectivity index is 1.46. The summed E-state index contributed by atoms with van der Waals surface area (Å²) in [4.78, 5) is 0. The molecule has 4 aromatic rings. The maximum absolute atomic E-state index is 10.1. The molecule has 1 aliphatic carbocycles. The smallest absolute Gasteiger partial charge is 0.119 e. The van der Waals surface area contributed by atoms with Crippen LogP contribution in [-0.4, -0.2) is 15.8 Å². The van der Waals surface area contributed by atoms with Gasteiger partial charge in [-0.1, -0.05) is 51.1 Å². The zero-order valence-electron chi connectivity index (χ0n) is 19.8. The molecule has 5 rings (SSSR count). The van der Waals surface area contributed by atoms with Crippen LogP contribution in [0.5, 0.6) is 5.75 Å². The first-order chi connectivity index (χ1) is 15.9. The van der Waals surface area contributed by atoms with E-state index < -0.39 is 0 Å². The third-order valence-corrected chi connectivity index (χ3v) is 6.82. The number of aliphatic hydroxyl groups excluding tert-OH is 1. The molecule has 170 valence electrons. The summed E-state index contributed by atoms with van der Waals surface area (Å²) < 4.78 is 8.27. The lowest BCUT2D eigenvalue weighted by Gasteiger charge is -2.19. The highest BCUT2D eigenvalue weighted by molar-refractivity contribution is 5.88. The molecule has 3 nitrogen and oxygen atoms in total. The van der Waals surface area contributed by atoms with Crippen LogP contribution in [-0.2, 0) is 12.0 Å². The fraction of sp³-hybridized carbons (Fsp3) is 0.333. The quantitative estimate of drug-likeness (QED) is 0.351. The van der Waals surface area contributed by atoms with Gasteiger partial charge in [-0.25, -0.2) is 0 Å². The first-order valence-corrected chi connectivity index (χ1v) is 12.1. The Bertz CT molecular complexity index is 1240. The normalized spacial score (nSPS) is 14.8. The average molecular weight is 440 g/mol. The van der Waals surface area contributed by atoms with E-state index in [-0.39, 0.29) is 12.0 Å². The molecule has 1 aliphatic rings. The summed E-state index contributed by atoms with van der Waals surface area (Å²) in [5.41, 5.74) is 6.89. The van der Waals surface area contributed by atoms with Crippen LogP contribution in [0.4, 0.5) is 0 Å². The lowest BCUT2D eigenvalue weighted by atomic mass is 9.86. The SMILES string of the molecule is CC(C)(C)c1ccc(-c2ccc3c(c2)cc(CO)n3-c2ccc(OC3CCCC3)cc2)cc1. The maximum Gasteiger partial charge on any atom is 0.119 e. The van der Waals surface area contributed by atoms with Crippen LogP contribution in [0.2, 0.25) is 0 Å². The molecule has 0 atom stereocenters. The van der Waals surface area contributed by atoms with Gasteiger partial charge in [0.25, 0.3) is 0 Å². The minimum absolute atomic E-state index is 0.00931. The topological polar surface area (TPSA) is 34.4 Å². The Morgan fingerprint density at radius 3 is 2.15 bits per heavy atom. The lowest BCUT2D eigenvalue weighted by molar-refractivity contribution is 0.210.